The Balaban J connectivity index is 1.70. The fourth-order valence-corrected chi connectivity index (χ4v) is 2.62. The average molecular weight is 322 g/mol. The van der Waals surface area contributed by atoms with Crippen molar-refractivity contribution in [1.29, 1.82) is 0 Å². The van der Waals surface area contributed by atoms with Gasteiger partial charge in [-0.05, 0) is 38.5 Å². The first-order chi connectivity index (χ1) is 10.3. The van der Waals surface area contributed by atoms with Gasteiger partial charge in [0, 0.05) is 25.0 Å². The molecule has 0 aromatic heterocycles. The molecule has 1 aliphatic heterocycles. The third kappa shape index (κ3) is 5.06. The molecule has 5 nitrogen and oxygen atoms in total. The number of likely N-dealkylation sites (tertiary alicyclic amines) is 1. The summed E-state index contributed by atoms with van der Waals surface area (Å²) in [4.78, 5) is 24.8. The quantitative estimate of drug-likeness (QED) is 0.864. The fraction of sp³-hybridized carbons (Fsp3) is 0.857. The second-order valence-corrected chi connectivity index (χ2v) is 6.07. The van der Waals surface area contributed by atoms with Crippen molar-refractivity contribution in [2.24, 2.45) is 11.8 Å². The number of hydrogen-bond donors (Lipinski definition) is 1. The number of nitrogens with one attached hydrogen (secondary N) is 1. The molecule has 2 rings (SSSR count). The van der Waals surface area contributed by atoms with E-state index in [4.69, 9.17) is 0 Å². The SMILES string of the molecule is CC(NC(=O)C1CCN(C(=O)OCC(F)(F)F)CC1)C1CC1. The molecule has 1 atom stereocenters. The number of carbonyl (C=O) groups is 2. The zero-order valence-electron chi connectivity index (χ0n) is 12.5. The van der Waals surface area contributed by atoms with Crippen LogP contribution in [0.2, 0.25) is 0 Å². The number of nitrogens with zero attached hydrogens (tertiary/aromatic N) is 1. The number of rotatable bonds is 4. The summed E-state index contributed by atoms with van der Waals surface area (Å²) in [6.07, 6.45) is -2.31. The molecule has 0 radical (unpaired) electrons. The zero-order chi connectivity index (χ0) is 16.3. The van der Waals surface area contributed by atoms with E-state index in [1.807, 2.05) is 6.92 Å². The number of ether oxygens (including phenoxy) is 1. The molecule has 1 N–H and O–H groups in total. The maximum Gasteiger partial charge on any atom is 0.422 e. The van der Waals surface area contributed by atoms with Crippen molar-refractivity contribution in [2.75, 3.05) is 19.7 Å². The summed E-state index contributed by atoms with van der Waals surface area (Å²) >= 11 is 0. The van der Waals surface area contributed by atoms with Gasteiger partial charge in [0.25, 0.3) is 0 Å². The first kappa shape index (κ1) is 16.9. The molecule has 1 unspecified atom stereocenters. The van der Waals surface area contributed by atoms with Crippen LogP contribution < -0.4 is 5.32 Å². The number of halogens is 3. The van der Waals surface area contributed by atoms with E-state index in [2.05, 4.69) is 10.1 Å². The maximum atomic E-state index is 12.1. The van der Waals surface area contributed by atoms with Crippen LogP contribution in [0.3, 0.4) is 0 Å². The highest BCUT2D eigenvalue weighted by molar-refractivity contribution is 5.79. The summed E-state index contributed by atoms with van der Waals surface area (Å²) in [6, 6.07) is 0.169. The lowest BCUT2D eigenvalue weighted by Gasteiger charge is -2.31. The lowest BCUT2D eigenvalue weighted by molar-refractivity contribution is -0.162. The Morgan fingerprint density at radius 3 is 2.32 bits per heavy atom. The standard InChI is InChI=1S/C14H21F3N2O3/c1-9(10-2-3-10)18-12(20)11-4-6-19(7-5-11)13(21)22-8-14(15,16)17/h9-11H,2-8H2,1H3,(H,18,20). The Hall–Kier alpha value is -1.47. The molecule has 0 spiro atoms. The molecule has 1 saturated carbocycles. The number of hydrogen-bond acceptors (Lipinski definition) is 3. The van der Waals surface area contributed by atoms with E-state index in [0.717, 1.165) is 12.8 Å². The Bertz CT molecular complexity index is 416. The first-order valence-electron chi connectivity index (χ1n) is 7.55. The summed E-state index contributed by atoms with van der Waals surface area (Å²) in [6.45, 7) is 0.892. The third-order valence-electron chi connectivity index (χ3n) is 4.18. The highest BCUT2D eigenvalue weighted by atomic mass is 19.4. The van der Waals surface area contributed by atoms with Gasteiger partial charge in [0.15, 0.2) is 6.61 Å². The van der Waals surface area contributed by atoms with Crippen molar-refractivity contribution in [3.8, 4) is 0 Å². The van der Waals surface area contributed by atoms with E-state index in [1.54, 1.807) is 0 Å². The van der Waals surface area contributed by atoms with Crippen LogP contribution in [0.5, 0.6) is 0 Å². The van der Waals surface area contributed by atoms with Gasteiger partial charge in [0.05, 0.1) is 0 Å². The molecule has 22 heavy (non-hydrogen) atoms. The highest BCUT2D eigenvalue weighted by Crippen LogP contribution is 2.32. The monoisotopic (exact) mass is 322 g/mol. The van der Waals surface area contributed by atoms with Gasteiger partial charge in [-0.15, -0.1) is 0 Å². The molecule has 2 fully saturated rings. The molecule has 8 heteroatoms. The van der Waals surface area contributed by atoms with Crippen LogP contribution in [0, 0.1) is 11.8 Å². The zero-order valence-corrected chi connectivity index (χ0v) is 12.5. The summed E-state index contributed by atoms with van der Waals surface area (Å²) in [5.74, 6) is 0.358. The van der Waals surface area contributed by atoms with Gasteiger partial charge < -0.3 is 15.0 Å². The highest BCUT2D eigenvalue weighted by Gasteiger charge is 2.34. The molecule has 1 heterocycles. The average Bonchev–Trinajstić information content (AvgIpc) is 3.28. The number of alkyl halides is 3. The van der Waals surface area contributed by atoms with E-state index < -0.39 is 18.9 Å². The van der Waals surface area contributed by atoms with E-state index in [0.29, 0.717) is 18.8 Å². The van der Waals surface area contributed by atoms with Crippen molar-refractivity contribution < 1.29 is 27.5 Å². The fourth-order valence-electron chi connectivity index (χ4n) is 2.62. The molecule has 2 amide bonds. The largest absolute Gasteiger partial charge is 0.440 e. The topological polar surface area (TPSA) is 58.6 Å². The lowest BCUT2D eigenvalue weighted by Crippen LogP contribution is -2.45. The van der Waals surface area contributed by atoms with Crippen LogP contribution in [-0.2, 0) is 9.53 Å². The Labute approximate surface area is 127 Å². The van der Waals surface area contributed by atoms with Gasteiger partial charge in [-0.25, -0.2) is 4.79 Å². The van der Waals surface area contributed by atoms with Crippen molar-refractivity contribution >= 4 is 12.0 Å². The van der Waals surface area contributed by atoms with Crippen LogP contribution in [-0.4, -0.2) is 48.8 Å². The smallest absolute Gasteiger partial charge is 0.422 e. The van der Waals surface area contributed by atoms with Crippen LogP contribution in [0.4, 0.5) is 18.0 Å². The molecule has 1 aliphatic carbocycles. The second kappa shape index (κ2) is 6.75. The minimum absolute atomic E-state index is 0.0253. The van der Waals surface area contributed by atoms with Crippen molar-refractivity contribution in [1.82, 2.24) is 10.2 Å². The van der Waals surface area contributed by atoms with Crippen LogP contribution in [0.15, 0.2) is 0 Å². The molecular formula is C14H21F3N2O3. The van der Waals surface area contributed by atoms with Crippen molar-refractivity contribution in [3.63, 3.8) is 0 Å². The number of carbonyl (C=O) groups excluding carboxylic acids is 2. The molecule has 0 bridgehead atoms. The van der Waals surface area contributed by atoms with Crippen molar-refractivity contribution in [3.05, 3.63) is 0 Å². The van der Waals surface area contributed by atoms with Gasteiger partial charge in [-0.3, -0.25) is 4.79 Å². The predicted octanol–water partition coefficient (Wildman–Crippen LogP) is 2.31. The summed E-state index contributed by atoms with van der Waals surface area (Å²) in [5.41, 5.74) is 0. The van der Waals surface area contributed by atoms with Crippen LogP contribution in [0.25, 0.3) is 0 Å². The normalized spacial score (nSPS) is 21.4. The Morgan fingerprint density at radius 1 is 1.23 bits per heavy atom. The lowest BCUT2D eigenvalue weighted by atomic mass is 9.95. The van der Waals surface area contributed by atoms with Crippen LogP contribution >= 0.6 is 0 Å². The van der Waals surface area contributed by atoms with E-state index in [9.17, 15) is 22.8 Å². The third-order valence-corrected chi connectivity index (χ3v) is 4.18. The molecule has 2 aliphatic rings. The summed E-state index contributed by atoms with van der Waals surface area (Å²) in [7, 11) is 0. The molecule has 0 aromatic carbocycles. The van der Waals surface area contributed by atoms with Gasteiger partial charge in [0.2, 0.25) is 5.91 Å². The second-order valence-electron chi connectivity index (χ2n) is 6.07. The van der Waals surface area contributed by atoms with Gasteiger partial charge in [-0.2, -0.15) is 13.2 Å². The van der Waals surface area contributed by atoms with Gasteiger partial charge in [0.1, 0.15) is 0 Å². The summed E-state index contributed by atoms with van der Waals surface area (Å²) in [5, 5.41) is 2.98. The van der Waals surface area contributed by atoms with E-state index in [1.165, 1.54) is 4.90 Å². The van der Waals surface area contributed by atoms with Crippen LogP contribution in [0.1, 0.15) is 32.6 Å². The maximum absolute atomic E-state index is 12.1. The first-order valence-corrected chi connectivity index (χ1v) is 7.55. The van der Waals surface area contributed by atoms with E-state index >= 15 is 0 Å². The van der Waals surface area contributed by atoms with Gasteiger partial charge in [-0.1, -0.05) is 0 Å². The molecule has 126 valence electrons. The number of piperidine rings is 1. The van der Waals surface area contributed by atoms with Gasteiger partial charge >= 0.3 is 12.3 Å². The van der Waals surface area contributed by atoms with E-state index in [-0.39, 0.29) is 31.0 Å². The molecule has 0 aromatic rings. The Kier molecular flexibility index (Phi) is 5.18. The minimum atomic E-state index is -4.52. The van der Waals surface area contributed by atoms with Crippen molar-refractivity contribution in [2.45, 2.75) is 44.8 Å². The molecule has 1 saturated heterocycles. The Morgan fingerprint density at radius 2 is 1.82 bits per heavy atom. The summed E-state index contributed by atoms with van der Waals surface area (Å²) < 4.78 is 40.2. The number of amides is 2. The molecular weight excluding hydrogens is 301 g/mol. The predicted molar refractivity (Wildman–Crippen MR) is 72.0 cm³/mol. The minimum Gasteiger partial charge on any atom is -0.440 e.